The van der Waals surface area contributed by atoms with Gasteiger partial charge in [0.1, 0.15) is 0 Å². The molecule has 0 radical (unpaired) electrons. The zero-order valence-corrected chi connectivity index (χ0v) is 15.9. The van der Waals surface area contributed by atoms with Gasteiger partial charge in [0.15, 0.2) is 17.3 Å². The zero-order chi connectivity index (χ0) is 19.4. The molecule has 0 N–H and O–H groups in total. The number of benzene rings is 1. The summed E-state index contributed by atoms with van der Waals surface area (Å²) in [5.41, 5.74) is 2.07. The Morgan fingerprint density at radius 1 is 1.00 bits per heavy atom. The number of aliphatic imine (C=N–C) groups is 1. The first-order valence-corrected chi connectivity index (χ1v) is 8.20. The van der Waals surface area contributed by atoms with E-state index >= 15 is 0 Å². The monoisotopic (exact) mass is 357 g/mol. The maximum absolute atomic E-state index is 12.7. The number of amides is 1. The molecule has 0 unspecified atom stereocenters. The summed E-state index contributed by atoms with van der Waals surface area (Å²) >= 11 is 0. The van der Waals surface area contributed by atoms with Gasteiger partial charge in [0.2, 0.25) is 5.75 Å². The van der Waals surface area contributed by atoms with E-state index in [4.69, 9.17) is 14.2 Å². The van der Waals surface area contributed by atoms with Crippen LogP contribution in [0.4, 0.5) is 0 Å². The lowest BCUT2D eigenvalue weighted by molar-refractivity contribution is -0.111. The molecule has 0 heterocycles. The zero-order valence-electron chi connectivity index (χ0n) is 15.9. The van der Waals surface area contributed by atoms with Gasteiger partial charge in [-0.15, -0.1) is 0 Å². The molecule has 1 amide bonds. The molecule has 26 heavy (non-hydrogen) atoms. The van der Waals surface area contributed by atoms with Gasteiger partial charge in [-0.25, -0.2) is 4.99 Å². The van der Waals surface area contributed by atoms with Crippen LogP contribution in [-0.2, 0) is 4.79 Å². The number of allylic oxidation sites excluding steroid dienone is 4. The third-order valence-electron chi connectivity index (χ3n) is 4.08. The van der Waals surface area contributed by atoms with E-state index in [2.05, 4.69) is 4.99 Å². The van der Waals surface area contributed by atoms with Crippen LogP contribution in [0, 0.1) is 5.92 Å². The Bertz CT molecular complexity index is 806. The Hall–Kier alpha value is -2.89. The van der Waals surface area contributed by atoms with E-state index in [-0.39, 0.29) is 11.7 Å². The molecule has 138 valence electrons. The maximum atomic E-state index is 12.7. The van der Waals surface area contributed by atoms with E-state index in [0.29, 0.717) is 39.7 Å². The van der Waals surface area contributed by atoms with Crippen LogP contribution in [0.2, 0.25) is 0 Å². The molecule has 0 aromatic heterocycles. The average Bonchev–Trinajstić information content (AvgIpc) is 2.61. The van der Waals surface area contributed by atoms with E-state index in [1.54, 1.807) is 25.1 Å². The molecule has 0 aliphatic heterocycles. The summed E-state index contributed by atoms with van der Waals surface area (Å²) in [7, 11) is 4.46. The van der Waals surface area contributed by atoms with Crippen LogP contribution in [0.1, 0.15) is 31.1 Å². The summed E-state index contributed by atoms with van der Waals surface area (Å²) in [4.78, 5) is 28.9. The SMILES string of the molecule is COc1cc(C(=O)N=C2C=C(C(C)C)C(=O)C=C2C)cc(OC)c1OC. The van der Waals surface area contributed by atoms with Crippen LogP contribution in [-0.4, -0.2) is 38.7 Å². The normalized spacial score (nSPS) is 15.7. The molecule has 0 spiro atoms. The maximum Gasteiger partial charge on any atom is 0.277 e. The highest BCUT2D eigenvalue weighted by Gasteiger charge is 2.21. The van der Waals surface area contributed by atoms with Crippen molar-refractivity contribution < 1.29 is 23.8 Å². The van der Waals surface area contributed by atoms with Gasteiger partial charge in [-0.1, -0.05) is 13.8 Å². The van der Waals surface area contributed by atoms with Crippen molar-refractivity contribution in [2.75, 3.05) is 21.3 Å². The minimum atomic E-state index is -0.458. The Kier molecular flexibility index (Phi) is 5.97. The minimum absolute atomic E-state index is 0.0447. The number of nitrogens with zero attached hydrogens (tertiary/aromatic N) is 1. The number of ketones is 1. The standard InChI is InChI=1S/C20H23NO5/c1-11(2)14-10-15(12(3)7-16(14)22)21-20(23)13-8-17(24-4)19(26-6)18(9-13)25-5/h7-11H,1-6H3. The third kappa shape index (κ3) is 3.85. The van der Waals surface area contributed by atoms with Crippen molar-refractivity contribution in [1.29, 1.82) is 0 Å². The second kappa shape index (κ2) is 7.99. The van der Waals surface area contributed by atoms with E-state index < -0.39 is 5.91 Å². The molecule has 0 fully saturated rings. The van der Waals surface area contributed by atoms with Gasteiger partial charge in [-0.05, 0) is 42.7 Å². The fraction of sp³-hybridized carbons (Fsp3) is 0.350. The highest BCUT2D eigenvalue weighted by atomic mass is 16.5. The molecule has 6 nitrogen and oxygen atoms in total. The van der Waals surface area contributed by atoms with Crippen LogP contribution >= 0.6 is 0 Å². The van der Waals surface area contributed by atoms with Crippen LogP contribution < -0.4 is 14.2 Å². The number of rotatable bonds is 5. The summed E-state index contributed by atoms with van der Waals surface area (Å²) in [6, 6.07) is 3.10. The Morgan fingerprint density at radius 3 is 2.04 bits per heavy atom. The van der Waals surface area contributed by atoms with Gasteiger partial charge in [-0.3, -0.25) is 9.59 Å². The number of hydrogen-bond donors (Lipinski definition) is 0. The Morgan fingerprint density at radius 2 is 1.58 bits per heavy atom. The van der Waals surface area contributed by atoms with Gasteiger partial charge < -0.3 is 14.2 Å². The first-order valence-electron chi connectivity index (χ1n) is 8.20. The quantitative estimate of drug-likeness (QED) is 0.755. The molecule has 1 aliphatic carbocycles. The van der Waals surface area contributed by atoms with E-state index in [9.17, 15) is 9.59 Å². The van der Waals surface area contributed by atoms with Gasteiger partial charge in [0.25, 0.3) is 5.91 Å². The molecule has 0 saturated carbocycles. The summed E-state index contributed by atoms with van der Waals surface area (Å²) in [5.74, 6) is 0.700. The second-order valence-electron chi connectivity index (χ2n) is 6.16. The predicted molar refractivity (Wildman–Crippen MR) is 99.5 cm³/mol. The molecule has 1 aromatic carbocycles. The lowest BCUT2D eigenvalue weighted by Gasteiger charge is -2.15. The smallest absolute Gasteiger partial charge is 0.277 e. The fourth-order valence-electron chi connectivity index (χ4n) is 2.64. The lowest BCUT2D eigenvalue weighted by atomic mass is 9.90. The first kappa shape index (κ1) is 19.4. The van der Waals surface area contributed by atoms with Crippen molar-refractivity contribution in [1.82, 2.24) is 0 Å². The molecule has 6 heteroatoms. The number of carbonyl (C=O) groups excluding carboxylic acids is 2. The molecule has 1 aliphatic rings. The third-order valence-corrected chi connectivity index (χ3v) is 4.08. The molecule has 2 rings (SSSR count). The van der Waals surface area contributed by atoms with Gasteiger partial charge in [0.05, 0.1) is 27.0 Å². The second-order valence-corrected chi connectivity index (χ2v) is 6.16. The number of hydrogen-bond acceptors (Lipinski definition) is 5. The number of ether oxygens (including phenoxy) is 3. The first-order chi connectivity index (χ1) is 12.3. The van der Waals surface area contributed by atoms with Crippen molar-refractivity contribution in [2.24, 2.45) is 10.9 Å². The topological polar surface area (TPSA) is 74.2 Å². The van der Waals surface area contributed by atoms with Crippen molar-refractivity contribution in [3.63, 3.8) is 0 Å². The molecule has 0 bridgehead atoms. The summed E-state index contributed by atoms with van der Waals surface area (Å²) < 4.78 is 15.8. The van der Waals surface area contributed by atoms with E-state index in [0.717, 1.165) is 0 Å². The van der Waals surface area contributed by atoms with Gasteiger partial charge in [0, 0.05) is 11.1 Å². The highest BCUT2D eigenvalue weighted by Crippen LogP contribution is 2.38. The van der Waals surface area contributed by atoms with Crippen molar-refractivity contribution in [3.8, 4) is 17.2 Å². The average molecular weight is 357 g/mol. The molecule has 1 aromatic rings. The minimum Gasteiger partial charge on any atom is -0.493 e. The summed E-state index contributed by atoms with van der Waals surface area (Å²) in [5, 5.41) is 0. The fourth-order valence-corrected chi connectivity index (χ4v) is 2.64. The lowest BCUT2D eigenvalue weighted by Crippen LogP contribution is -2.16. The number of carbonyl (C=O) groups is 2. The van der Waals surface area contributed by atoms with Crippen LogP contribution in [0.15, 0.2) is 40.4 Å². The molecule has 0 saturated heterocycles. The van der Waals surface area contributed by atoms with Gasteiger partial charge in [-0.2, -0.15) is 0 Å². The van der Waals surface area contributed by atoms with Crippen LogP contribution in [0.3, 0.4) is 0 Å². The summed E-state index contributed by atoms with van der Waals surface area (Å²) in [6.07, 6.45) is 3.19. The van der Waals surface area contributed by atoms with Crippen molar-refractivity contribution in [2.45, 2.75) is 20.8 Å². The number of methoxy groups -OCH3 is 3. The Labute approximate surface area is 153 Å². The summed E-state index contributed by atoms with van der Waals surface area (Å²) in [6.45, 7) is 5.61. The Balaban J connectivity index is 2.48. The largest absolute Gasteiger partial charge is 0.493 e. The molecular weight excluding hydrogens is 334 g/mol. The predicted octanol–water partition coefficient (Wildman–Crippen LogP) is 3.41. The van der Waals surface area contributed by atoms with E-state index in [1.165, 1.54) is 27.4 Å². The van der Waals surface area contributed by atoms with Crippen molar-refractivity contribution >= 4 is 17.4 Å². The highest BCUT2D eigenvalue weighted by molar-refractivity contribution is 6.24. The molecular formula is C20H23NO5. The van der Waals surface area contributed by atoms with Crippen LogP contribution in [0.5, 0.6) is 17.2 Å². The van der Waals surface area contributed by atoms with Crippen LogP contribution in [0.25, 0.3) is 0 Å². The van der Waals surface area contributed by atoms with Crippen molar-refractivity contribution in [3.05, 3.63) is 41.0 Å². The van der Waals surface area contributed by atoms with Gasteiger partial charge >= 0.3 is 0 Å². The van der Waals surface area contributed by atoms with E-state index in [1.807, 2.05) is 13.8 Å². The molecule has 0 atom stereocenters.